The zero-order chi connectivity index (χ0) is 17.0. The number of rotatable bonds is 5. The molecule has 2 atom stereocenters. The molecule has 0 bridgehead atoms. The Balaban J connectivity index is 1.81. The summed E-state index contributed by atoms with van der Waals surface area (Å²) in [4.78, 5) is 21.1. The molecule has 3 rings (SSSR count). The number of hydroxylamine groups is 2. The second kappa shape index (κ2) is 7.61. The minimum absolute atomic E-state index is 0.0386. The minimum Gasteiger partial charge on any atom is -0.464 e. The molecule has 6 heteroatoms. The van der Waals surface area contributed by atoms with Crippen molar-refractivity contribution in [3.05, 3.63) is 35.9 Å². The lowest BCUT2D eigenvalue weighted by Gasteiger charge is -2.34. The highest BCUT2D eigenvalue weighted by Crippen LogP contribution is 2.40. The van der Waals surface area contributed by atoms with Gasteiger partial charge in [0.25, 0.3) is 0 Å². The van der Waals surface area contributed by atoms with Crippen molar-refractivity contribution in [2.45, 2.75) is 25.0 Å². The van der Waals surface area contributed by atoms with E-state index in [-0.39, 0.29) is 12.0 Å². The largest absolute Gasteiger partial charge is 0.464 e. The molecule has 0 spiro atoms. The third-order valence-electron chi connectivity index (χ3n) is 4.70. The lowest BCUT2D eigenvalue weighted by atomic mass is 9.91. The predicted octanol–water partition coefficient (Wildman–Crippen LogP) is 1.63. The summed E-state index contributed by atoms with van der Waals surface area (Å²) in [5.41, 5.74) is 0.191. The van der Waals surface area contributed by atoms with E-state index in [1.165, 1.54) is 0 Å². The summed E-state index contributed by atoms with van der Waals surface area (Å²) in [5, 5.41) is 1.80. The average Bonchev–Trinajstić information content (AvgIpc) is 2.94. The lowest BCUT2D eigenvalue weighted by Crippen LogP contribution is -2.52. The molecule has 0 N–H and O–H groups in total. The van der Waals surface area contributed by atoms with E-state index in [0.29, 0.717) is 32.8 Å². The quantitative estimate of drug-likeness (QED) is 0.763. The molecule has 24 heavy (non-hydrogen) atoms. The van der Waals surface area contributed by atoms with Gasteiger partial charge in [-0.3, -0.25) is 9.74 Å². The Morgan fingerprint density at radius 2 is 2.00 bits per heavy atom. The highest BCUT2D eigenvalue weighted by Gasteiger charge is 2.52. The van der Waals surface area contributed by atoms with E-state index in [1.807, 2.05) is 32.2 Å². The van der Waals surface area contributed by atoms with Gasteiger partial charge in [-0.25, -0.2) is 4.79 Å². The first-order valence-electron chi connectivity index (χ1n) is 8.59. The Morgan fingerprint density at radius 1 is 1.29 bits per heavy atom. The normalized spacial score (nSPS) is 28.8. The van der Waals surface area contributed by atoms with Crippen molar-refractivity contribution < 1.29 is 19.1 Å². The molecule has 0 aliphatic carbocycles. The van der Waals surface area contributed by atoms with E-state index >= 15 is 0 Å². The molecule has 2 heterocycles. The number of hydrogen-bond donors (Lipinski definition) is 0. The molecule has 132 valence electrons. The molecule has 1 aromatic carbocycles. The maximum Gasteiger partial charge on any atom is 0.342 e. The van der Waals surface area contributed by atoms with Crippen LogP contribution in [0.5, 0.6) is 0 Å². The molecular formula is C18H26N2O4. The Hall–Kier alpha value is -1.47. The Kier molecular flexibility index (Phi) is 5.50. The smallest absolute Gasteiger partial charge is 0.342 e. The van der Waals surface area contributed by atoms with Crippen LogP contribution in [0, 0.1) is 0 Å². The van der Waals surface area contributed by atoms with Crippen LogP contribution in [0.2, 0.25) is 0 Å². The lowest BCUT2D eigenvalue weighted by molar-refractivity contribution is -0.217. The molecule has 0 amide bonds. The van der Waals surface area contributed by atoms with Crippen LogP contribution in [0.1, 0.15) is 24.9 Å². The van der Waals surface area contributed by atoms with E-state index in [4.69, 9.17) is 14.3 Å². The summed E-state index contributed by atoms with van der Waals surface area (Å²) in [6.07, 6.45) is 0.587. The molecule has 0 aromatic heterocycles. The van der Waals surface area contributed by atoms with Crippen LogP contribution < -0.4 is 0 Å². The third-order valence-corrected chi connectivity index (χ3v) is 4.70. The van der Waals surface area contributed by atoms with Gasteiger partial charge in [0.2, 0.25) is 5.60 Å². The average molecular weight is 334 g/mol. The van der Waals surface area contributed by atoms with Gasteiger partial charge in [-0.1, -0.05) is 30.3 Å². The fourth-order valence-electron chi connectivity index (χ4n) is 3.48. The molecule has 0 radical (unpaired) electrons. The summed E-state index contributed by atoms with van der Waals surface area (Å²) < 4.78 is 10.8. The Labute approximate surface area is 143 Å². The summed E-state index contributed by atoms with van der Waals surface area (Å²) >= 11 is 0. The third kappa shape index (κ3) is 3.62. The summed E-state index contributed by atoms with van der Waals surface area (Å²) in [7, 11) is 1.89. The number of benzene rings is 1. The van der Waals surface area contributed by atoms with E-state index in [0.717, 1.165) is 18.7 Å². The maximum atomic E-state index is 12.7. The number of carbonyl (C=O) groups excluding carboxylic acids is 1. The summed E-state index contributed by atoms with van der Waals surface area (Å²) in [5.74, 6) is -0.276. The second-order valence-corrected chi connectivity index (χ2v) is 6.37. The number of ether oxygens (including phenoxy) is 2. The minimum atomic E-state index is -0.956. The van der Waals surface area contributed by atoms with Crippen LogP contribution in [-0.4, -0.2) is 68.0 Å². The van der Waals surface area contributed by atoms with Gasteiger partial charge in [0, 0.05) is 33.1 Å². The molecule has 2 aliphatic rings. The zero-order valence-electron chi connectivity index (χ0n) is 14.4. The number of morpholine rings is 1. The Bertz CT molecular complexity index is 547. The van der Waals surface area contributed by atoms with Crippen LogP contribution >= 0.6 is 0 Å². The van der Waals surface area contributed by atoms with Crippen molar-refractivity contribution in [1.82, 2.24) is 9.96 Å². The van der Waals surface area contributed by atoms with Gasteiger partial charge >= 0.3 is 5.97 Å². The van der Waals surface area contributed by atoms with Gasteiger partial charge in [-0.05, 0) is 12.5 Å². The molecule has 2 fully saturated rings. The van der Waals surface area contributed by atoms with Gasteiger partial charge in [0.15, 0.2) is 0 Å². The first kappa shape index (κ1) is 17.4. The molecule has 1 aromatic rings. The van der Waals surface area contributed by atoms with Crippen LogP contribution in [-0.2, 0) is 19.1 Å². The van der Waals surface area contributed by atoms with Crippen molar-refractivity contribution in [1.29, 1.82) is 0 Å². The molecular weight excluding hydrogens is 308 g/mol. The number of nitrogens with zero attached hydrogens (tertiary/aromatic N) is 2. The van der Waals surface area contributed by atoms with Crippen LogP contribution in [0.15, 0.2) is 30.3 Å². The SMILES string of the molecule is CCOC(=O)C1(CN2CCOCC2)CC(c2ccccc2)N(C)O1. The van der Waals surface area contributed by atoms with Crippen LogP contribution in [0.3, 0.4) is 0 Å². The highest BCUT2D eigenvalue weighted by atomic mass is 16.7. The van der Waals surface area contributed by atoms with Crippen molar-refractivity contribution in [3.63, 3.8) is 0 Å². The molecule has 2 saturated heterocycles. The monoisotopic (exact) mass is 334 g/mol. The fraction of sp³-hybridized carbons (Fsp3) is 0.611. The zero-order valence-corrected chi connectivity index (χ0v) is 14.4. The predicted molar refractivity (Wildman–Crippen MR) is 89.3 cm³/mol. The van der Waals surface area contributed by atoms with E-state index < -0.39 is 5.60 Å². The number of hydrogen-bond acceptors (Lipinski definition) is 6. The Morgan fingerprint density at radius 3 is 2.67 bits per heavy atom. The van der Waals surface area contributed by atoms with Crippen LogP contribution in [0.25, 0.3) is 0 Å². The first-order valence-corrected chi connectivity index (χ1v) is 8.59. The van der Waals surface area contributed by atoms with E-state index in [2.05, 4.69) is 17.0 Å². The second-order valence-electron chi connectivity index (χ2n) is 6.37. The maximum absolute atomic E-state index is 12.7. The first-order chi connectivity index (χ1) is 11.6. The van der Waals surface area contributed by atoms with Gasteiger partial charge in [-0.2, -0.15) is 5.06 Å². The van der Waals surface area contributed by atoms with E-state index in [9.17, 15) is 4.79 Å². The van der Waals surface area contributed by atoms with Gasteiger partial charge in [0.1, 0.15) is 0 Å². The summed E-state index contributed by atoms with van der Waals surface area (Å²) in [6, 6.07) is 10.2. The van der Waals surface area contributed by atoms with Gasteiger partial charge in [-0.15, -0.1) is 0 Å². The molecule has 2 aliphatic heterocycles. The highest BCUT2D eigenvalue weighted by molar-refractivity contribution is 5.80. The van der Waals surface area contributed by atoms with Gasteiger partial charge in [0.05, 0.1) is 25.9 Å². The molecule has 6 nitrogen and oxygen atoms in total. The van der Waals surface area contributed by atoms with Crippen molar-refractivity contribution in [2.24, 2.45) is 0 Å². The number of carbonyl (C=O) groups is 1. The standard InChI is InChI=1S/C18H26N2O4/c1-3-23-17(21)18(14-20-9-11-22-12-10-20)13-16(19(2)24-18)15-7-5-4-6-8-15/h4-8,16H,3,9-14H2,1-2H3. The molecule has 2 unspecified atom stereocenters. The van der Waals surface area contributed by atoms with Crippen molar-refractivity contribution in [3.8, 4) is 0 Å². The fourth-order valence-corrected chi connectivity index (χ4v) is 3.48. The van der Waals surface area contributed by atoms with E-state index in [1.54, 1.807) is 5.06 Å². The topological polar surface area (TPSA) is 51.2 Å². The van der Waals surface area contributed by atoms with Gasteiger partial charge < -0.3 is 9.47 Å². The van der Waals surface area contributed by atoms with Crippen LogP contribution in [0.4, 0.5) is 0 Å². The number of esters is 1. The molecule has 0 saturated carbocycles. The van der Waals surface area contributed by atoms with Crippen molar-refractivity contribution >= 4 is 5.97 Å². The summed E-state index contributed by atoms with van der Waals surface area (Å²) in [6.45, 7) is 5.71. The van der Waals surface area contributed by atoms with Crippen molar-refractivity contribution in [2.75, 3.05) is 46.5 Å².